The minimum Gasteiger partial charge on any atom is -0.314 e. The van der Waals surface area contributed by atoms with Crippen LogP contribution >= 0.6 is 0 Å². The number of hydrogen-bond donors (Lipinski definition) is 1. The molecule has 0 saturated heterocycles. The first-order valence-electron chi connectivity index (χ1n) is 7.64. The van der Waals surface area contributed by atoms with Crippen molar-refractivity contribution in [2.24, 2.45) is 0 Å². The van der Waals surface area contributed by atoms with E-state index in [9.17, 15) is 0 Å². The van der Waals surface area contributed by atoms with E-state index < -0.39 is 0 Å². The van der Waals surface area contributed by atoms with Gasteiger partial charge >= 0.3 is 0 Å². The van der Waals surface area contributed by atoms with Crippen molar-refractivity contribution in [1.82, 2.24) is 15.1 Å². The van der Waals surface area contributed by atoms with Crippen LogP contribution in [0.3, 0.4) is 0 Å². The van der Waals surface area contributed by atoms with Gasteiger partial charge in [-0.3, -0.25) is 4.68 Å². The van der Waals surface area contributed by atoms with Crippen LogP contribution in [0.15, 0.2) is 0 Å². The highest BCUT2D eigenvalue weighted by molar-refractivity contribution is 5.28. The van der Waals surface area contributed by atoms with Gasteiger partial charge in [-0.25, -0.2) is 0 Å². The molecule has 0 atom stereocenters. The molecule has 0 bridgehead atoms. The maximum absolute atomic E-state index is 4.86. The smallest absolute Gasteiger partial charge is 0.0657 e. The predicted octanol–water partition coefficient (Wildman–Crippen LogP) is 3.30. The largest absolute Gasteiger partial charge is 0.314 e. The minimum atomic E-state index is 0.0684. The van der Waals surface area contributed by atoms with Crippen LogP contribution in [0.2, 0.25) is 0 Å². The monoisotopic (exact) mass is 265 g/mol. The highest BCUT2D eigenvalue weighted by Crippen LogP contribution is 2.23. The van der Waals surface area contributed by atoms with Gasteiger partial charge in [0.15, 0.2) is 0 Å². The van der Waals surface area contributed by atoms with E-state index in [-0.39, 0.29) is 5.54 Å². The SMILES string of the molecule is CCc1nn(C(C)(C)C)c(CC)c1CCNC(C)C. The first-order valence-corrected chi connectivity index (χ1v) is 7.64. The molecule has 1 N–H and O–H groups in total. The van der Waals surface area contributed by atoms with E-state index in [1.807, 2.05) is 0 Å². The average Bonchev–Trinajstić information content (AvgIpc) is 2.66. The molecule has 19 heavy (non-hydrogen) atoms. The predicted molar refractivity (Wildman–Crippen MR) is 82.8 cm³/mol. The number of rotatable bonds is 6. The van der Waals surface area contributed by atoms with Gasteiger partial charge in [0.05, 0.1) is 11.2 Å². The number of nitrogens with zero attached hydrogens (tertiary/aromatic N) is 2. The average molecular weight is 265 g/mol. The summed E-state index contributed by atoms with van der Waals surface area (Å²) in [6.07, 6.45) is 3.16. The van der Waals surface area contributed by atoms with E-state index in [2.05, 4.69) is 58.5 Å². The van der Waals surface area contributed by atoms with Gasteiger partial charge in [-0.2, -0.15) is 5.10 Å². The lowest BCUT2D eigenvalue weighted by Crippen LogP contribution is -2.27. The van der Waals surface area contributed by atoms with Crippen molar-refractivity contribution in [1.29, 1.82) is 0 Å². The molecule has 1 heterocycles. The fourth-order valence-electron chi connectivity index (χ4n) is 2.51. The van der Waals surface area contributed by atoms with E-state index in [1.54, 1.807) is 0 Å². The van der Waals surface area contributed by atoms with Crippen molar-refractivity contribution < 1.29 is 0 Å². The summed E-state index contributed by atoms with van der Waals surface area (Å²) in [5, 5.41) is 8.36. The number of aromatic nitrogens is 2. The lowest BCUT2D eigenvalue weighted by molar-refractivity contribution is 0.342. The molecule has 0 amide bonds. The zero-order valence-corrected chi connectivity index (χ0v) is 13.8. The van der Waals surface area contributed by atoms with Gasteiger partial charge in [-0.05, 0) is 52.1 Å². The zero-order valence-electron chi connectivity index (χ0n) is 13.8. The summed E-state index contributed by atoms with van der Waals surface area (Å²) < 4.78 is 2.23. The molecule has 0 aliphatic heterocycles. The Hall–Kier alpha value is -0.830. The van der Waals surface area contributed by atoms with Gasteiger partial charge in [0.2, 0.25) is 0 Å². The van der Waals surface area contributed by atoms with Crippen LogP contribution in [-0.4, -0.2) is 22.4 Å². The summed E-state index contributed by atoms with van der Waals surface area (Å²) in [7, 11) is 0. The molecule has 1 aromatic heterocycles. The van der Waals surface area contributed by atoms with Crippen molar-refractivity contribution in [2.45, 2.75) is 79.3 Å². The normalized spacial score (nSPS) is 12.4. The van der Waals surface area contributed by atoms with Crippen LogP contribution in [0.4, 0.5) is 0 Å². The first kappa shape index (κ1) is 16.2. The molecule has 3 nitrogen and oxygen atoms in total. The molecule has 0 fully saturated rings. The third kappa shape index (κ3) is 4.07. The Bertz CT molecular complexity index is 397. The molecule has 0 radical (unpaired) electrons. The Kier molecular flexibility index (Phi) is 5.60. The van der Waals surface area contributed by atoms with Crippen molar-refractivity contribution in [3.05, 3.63) is 17.0 Å². The van der Waals surface area contributed by atoms with Crippen LogP contribution in [0.1, 0.15) is 65.4 Å². The summed E-state index contributed by atoms with van der Waals surface area (Å²) >= 11 is 0. The third-order valence-electron chi connectivity index (χ3n) is 3.41. The van der Waals surface area contributed by atoms with Crippen LogP contribution in [0.25, 0.3) is 0 Å². The van der Waals surface area contributed by atoms with Gasteiger partial charge in [0.25, 0.3) is 0 Å². The summed E-state index contributed by atoms with van der Waals surface area (Å²) in [5.74, 6) is 0. The molecule has 110 valence electrons. The number of aryl methyl sites for hydroxylation is 1. The Morgan fingerprint density at radius 2 is 1.79 bits per heavy atom. The molecule has 3 heteroatoms. The highest BCUT2D eigenvalue weighted by Gasteiger charge is 2.22. The highest BCUT2D eigenvalue weighted by atomic mass is 15.3. The van der Waals surface area contributed by atoms with Crippen molar-refractivity contribution in [3.63, 3.8) is 0 Å². The van der Waals surface area contributed by atoms with Crippen molar-refractivity contribution >= 4 is 0 Å². The quantitative estimate of drug-likeness (QED) is 0.855. The summed E-state index contributed by atoms with van der Waals surface area (Å²) in [4.78, 5) is 0. The van der Waals surface area contributed by atoms with E-state index >= 15 is 0 Å². The van der Waals surface area contributed by atoms with Crippen LogP contribution in [0.5, 0.6) is 0 Å². The van der Waals surface area contributed by atoms with Gasteiger partial charge in [0, 0.05) is 11.7 Å². The van der Waals surface area contributed by atoms with Gasteiger partial charge in [0.1, 0.15) is 0 Å². The molecular formula is C16H31N3. The van der Waals surface area contributed by atoms with E-state index in [0.717, 1.165) is 25.8 Å². The third-order valence-corrected chi connectivity index (χ3v) is 3.41. The molecule has 0 saturated carbocycles. The Balaban J connectivity index is 3.03. The summed E-state index contributed by atoms with van der Waals surface area (Å²) in [5.41, 5.74) is 4.22. The minimum absolute atomic E-state index is 0.0684. The van der Waals surface area contributed by atoms with Gasteiger partial charge in [-0.1, -0.05) is 27.7 Å². The van der Waals surface area contributed by atoms with Crippen LogP contribution < -0.4 is 5.32 Å². The van der Waals surface area contributed by atoms with E-state index in [1.165, 1.54) is 17.0 Å². The lowest BCUT2D eigenvalue weighted by Gasteiger charge is -2.22. The molecule has 0 aliphatic carbocycles. The second-order valence-corrected chi connectivity index (χ2v) is 6.52. The van der Waals surface area contributed by atoms with E-state index in [4.69, 9.17) is 5.10 Å². The maximum atomic E-state index is 4.86. The Morgan fingerprint density at radius 1 is 1.16 bits per heavy atom. The van der Waals surface area contributed by atoms with Crippen LogP contribution in [-0.2, 0) is 24.8 Å². The van der Waals surface area contributed by atoms with E-state index in [0.29, 0.717) is 6.04 Å². The number of hydrogen-bond acceptors (Lipinski definition) is 2. The van der Waals surface area contributed by atoms with Crippen LogP contribution in [0, 0.1) is 0 Å². The Morgan fingerprint density at radius 3 is 2.21 bits per heavy atom. The molecule has 1 rings (SSSR count). The van der Waals surface area contributed by atoms with Crippen molar-refractivity contribution in [2.75, 3.05) is 6.54 Å². The molecule has 1 aromatic rings. The summed E-state index contributed by atoms with van der Waals surface area (Å²) in [6, 6.07) is 0.549. The second kappa shape index (κ2) is 6.56. The summed E-state index contributed by atoms with van der Waals surface area (Å²) in [6.45, 7) is 16.6. The molecular weight excluding hydrogens is 234 g/mol. The van der Waals surface area contributed by atoms with Gasteiger partial charge in [-0.15, -0.1) is 0 Å². The fourth-order valence-corrected chi connectivity index (χ4v) is 2.51. The zero-order chi connectivity index (χ0) is 14.6. The standard InChI is InChI=1S/C16H31N3/c1-8-14-13(10-11-17-12(3)4)15(9-2)19(18-14)16(5,6)7/h12,17H,8-11H2,1-7H3. The molecule has 0 spiro atoms. The first-order chi connectivity index (χ1) is 8.81. The lowest BCUT2D eigenvalue weighted by atomic mass is 10.0. The molecule has 0 unspecified atom stereocenters. The molecule has 0 aliphatic rings. The fraction of sp³-hybridized carbons (Fsp3) is 0.812. The molecule has 0 aromatic carbocycles. The van der Waals surface area contributed by atoms with Crippen molar-refractivity contribution in [3.8, 4) is 0 Å². The topological polar surface area (TPSA) is 29.9 Å². The second-order valence-electron chi connectivity index (χ2n) is 6.52. The maximum Gasteiger partial charge on any atom is 0.0657 e. The number of nitrogens with one attached hydrogen (secondary N) is 1. The Labute approximate surface area is 118 Å². The van der Waals surface area contributed by atoms with Gasteiger partial charge < -0.3 is 5.32 Å².